The summed E-state index contributed by atoms with van der Waals surface area (Å²) in [7, 11) is 1.83. The van der Waals surface area contributed by atoms with E-state index in [1.165, 1.54) is 0 Å². The summed E-state index contributed by atoms with van der Waals surface area (Å²) >= 11 is 0. The third kappa shape index (κ3) is 4.37. The number of nitrogens with zero attached hydrogens (tertiary/aromatic N) is 3. The number of aryl methyl sites for hydroxylation is 1. The molecule has 8 nitrogen and oxygen atoms in total. The Labute approximate surface area is 129 Å². The molecule has 1 saturated heterocycles. The van der Waals surface area contributed by atoms with Crippen LogP contribution < -0.4 is 10.6 Å². The molecule has 0 aliphatic carbocycles. The van der Waals surface area contributed by atoms with Gasteiger partial charge in [-0.1, -0.05) is 0 Å². The predicted molar refractivity (Wildman–Crippen MR) is 80.2 cm³/mol. The van der Waals surface area contributed by atoms with E-state index in [-0.39, 0.29) is 18.2 Å². The van der Waals surface area contributed by atoms with Crippen LogP contribution in [0.15, 0.2) is 12.3 Å². The molecule has 0 unspecified atom stereocenters. The molecule has 2 rings (SSSR count). The minimum atomic E-state index is -0.276. The van der Waals surface area contributed by atoms with E-state index in [1.54, 1.807) is 22.7 Å². The van der Waals surface area contributed by atoms with Crippen LogP contribution in [0.4, 0.5) is 9.59 Å². The largest absolute Gasteiger partial charge is 0.450 e. The number of aromatic nitrogens is 2. The van der Waals surface area contributed by atoms with Crippen molar-refractivity contribution in [2.24, 2.45) is 7.05 Å². The van der Waals surface area contributed by atoms with Crippen LogP contribution in [0.25, 0.3) is 0 Å². The second kappa shape index (κ2) is 7.67. The number of likely N-dealkylation sites (tertiary alicyclic amines) is 1. The highest BCUT2D eigenvalue weighted by Gasteiger charge is 2.24. The summed E-state index contributed by atoms with van der Waals surface area (Å²) < 4.78 is 6.69. The number of piperidine rings is 1. The number of hydrogen-bond acceptors (Lipinski definition) is 4. The van der Waals surface area contributed by atoms with Gasteiger partial charge in [-0.05, 0) is 25.8 Å². The number of carbonyl (C=O) groups excluding carboxylic acids is 2. The van der Waals surface area contributed by atoms with Crippen molar-refractivity contribution in [1.82, 2.24) is 25.3 Å². The lowest BCUT2D eigenvalue weighted by Gasteiger charge is -2.31. The minimum Gasteiger partial charge on any atom is -0.450 e. The standard InChI is InChI=1S/C14H23N5O3/c1-3-22-14(21)19-8-5-11(6-9-19)17-13(20)15-10-12-4-7-16-18(12)2/h4,7,11H,3,5-6,8-10H2,1-2H3,(H2,15,17,20). The van der Waals surface area contributed by atoms with Gasteiger partial charge in [0.2, 0.25) is 0 Å². The van der Waals surface area contributed by atoms with Crippen molar-refractivity contribution in [2.45, 2.75) is 32.4 Å². The summed E-state index contributed by atoms with van der Waals surface area (Å²) in [4.78, 5) is 25.1. The summed E-state index contributed by atoms with van der Waals surface area (Å²) in [5.41, 5.74) is 0.937. The van der Waals surface area contributed by atoms with Crippen molar-refractivity contribution in [1.29, 1.82) is 0 Å². The molecule has 3 amide bonds. The van der Waals surface area contributed by atoms with Gasteiger partial charge >= 0.3 is 12.1 Å². The zero-order valence-corrected chi connectivity index (χ0v) is 13.0. The molecule has 2 N–H and O–H groups in total. The molecule has 0 saturated carbocycles. The third-order valence-corrected chi connectivity index (χ3v) is 3.71. The average Bonchev–Trinajstić information content (AvgIpc) is 2.91. The van der Waals surface area contributed by atoms with Crippen molar-refractivity contribution in [3.63, 3.8) is 0 Å². The van der Waals surface area contributed by atoms with Crippen LogP contribution in [-0.4, -0.2) is 52.5 Å². The van der Waals surface area contributed by atoms with E-state index in [0.29, 0.717) is 26.2 Å². The lowest BCUT2D eigenvalue weighted by Crippen LogP contribution is -2.49. The van der Waals surface area contributed by atoms with Gasteiger partial charge in [0.25, 0.3) is 0 Å². The van der Waals surface area contributed by atoms with Crippen molar-refractivity contribution < 1.29 is 14.3 Å². The van der Waals surface area contributed by atoms with Crippen molar-refractivity contribution in [3.8, 4) is 0 Å². The summed E-state index contributed by atoms with van der Waals surface area (Å²) in [6, 6.07) is 1.74. The summed E-state index contributed by atoms with van der Waals surface area (Å²) in [5, 5.41) is 9.79. The lowest BCUT2D eigenvalue weighted by molar-refractivity contribution is 0.0957. The number of nitrogens with one attached hydrogen (secondary N) is 2. The van der Waals surface area contributed by atoms with Gasteiger partial charge in [0, 0.05) is 32.4 Å². The summed E-state index contributed by atoms with van der Waals surface area (Å²) in [6.07, 6.45) is 2.89. The zero-order chi connectivity index (χ0) is 15.9. The van der Waals surface area contributed by atoms with E-state index in [9.17, 15) is 9.59 Å². The Morgan fingerprint density at radius 1 is 1.41 bits per heavy atom. The van der Waals surface area contributed by atoms with Gasteiger partial charge in [0.05, 0.1) is 18.8 Å². The molecule has 8 heteroatoms. The van der Waals surface area contributed by atoms with E-state index >= 15 is 0 Å². The number of urea groups is 1. The van der Waals surface area contributed by atoms with Crippen LogP contribution in [0.2, 0.25) is 0 Å². The molecule has 1 fully saturated rings. The fourth-order valence-corrected chi connectivity index (χ4v) is 2.40. The molecule has 1 aliphatic heterocycles. The Balaban J connectivity index is 1.68. The molecule has 122 valence electrons. The second-order valence-corrected chi connectivity index (χ2v) is 5.23. The van der Waals surface area contributed by atoms with E-state index in [2.05, 4.69) is 15.7 Å². The Kier molecular flexibility index (Phi) is 5.62. The fourth-order valence-electron chi connectivity index (χ4n) is 2.40. The smallest absolute Gasteiger partial charge is 0.409 e. The quantitative estimate of drug-likeness (QED) is 0.862. The molecular formula is C14H23N5O3. The van der Waals surface area contributed by atoms with E-state index in [4.69, 9.17) is 4.74 Å². The first kappa shape index (κ1) is 16.1. The average molecular weight is 309 g/mol. The van der Waals surface area contributed by atoms with Gasteiger partial charge in [-0.25, -0.2) is 9.59 Å². The SMILES string of the molecule is CCOC(=O)N1CCC(NC(=O)NCc2ccnn2C)CC1. The normalized spacial score (nSPS) is 15.5. The van der Waals surface area contributed by atoms with Crippen molar-refractivity contribution >= 4 is 12.1 Å². The molecule has 1 aromatic heterocycles. The molecule has 0 aromatic carbocycles. The maximum atomic E-state index is 11.9. The first-order chi connectivity index (χ1) is 10.6. The van der Waals surface area contributed by atoms with Gasteiger partial charge in [0.1, 0.15) is 0 Å². The Bertz CT molecular complexity index is 508. The molecular weight excluding hydrogens is 286 g/mol. The van der Waals surface area contributed by atoms with Crippen LogP contribution in [0.1, 0.15) is 25.5 Å². The molecule has 0 radical (unpaired) electrons. The van der Waals surface area contributed by atoms with Crippen molar-refractivity contribution in [2.75, 3.05) is 19.7 Å². The van der Waals surface area contributed by atoms with Crippen LogP contribution in [0.5, 0.6) is 0 Å². The molecule has 0 spiro atoms. The van der Waals surface area contributed by atoms with E-state index in [0.717, 1.165) is 18.5 Å². The predicted octanol–water partition coefficient (Wildman–Crippen LogP) is 0.840. The van der Waals surface area contributed by atoms with Crippen LogP contribution in [0, 0.1) is 0 Å². The summed E-state index contributed by atoms with van der Waals surface area (Å²) in [5.74, 6) is 0. The summed E-state index contributed by atoms with van der Waals surface area (Å²) in [6.45, 7) is 3.81. The molecule has 2 heterocycles. The van der Waals surface area contributed by atoms with Gasteiger partial charge in [0.15, 0.2) is 0 Å². The van der Waals surface area contributed by atoms with Crippen molar-refractivity contribution in [3.05, 3.63) is 18.0 Å². The van der Waals surface area contributed by atoms with Gasteiger partial charge in [-0.3, -0.25) is 4.68 Å². The highest BCUT2D eigenvalue weighted by atomic mass is 16.6. The second-order valence-electron chi connectivity index (χ2n) is 5.23. The Hall–Kier alpha value is -2.25. The first-order valence-corrected chi connectivity index (χ1v) is 7.53. The third-order valence-electron chi connectivity index (χ3n) is 3.71. The molecule has 0 atom stereocenters. The lowest BCUT2D eigenvalue weighted by atomic mass is 10.1. The number of ether oxygens (including phenoxy) is 1. The maximum absolute atomic E-state index is 11.9. The zero-order valence-electron chi connectivity index (χ0n) is 13.0. The highest BCUT2D eigenvalue weighted by molar-refractivity contribution is 5.74. The highest BCUT2D eigenvalue weighted by Crippen LogP contribution is 2.11. The van der Waals surface area contributed by atoms with Gasteiger partial charge in [-0.2, -0.15) is 5.10 Å². The van der Waals surface area contributed by atoms with E-state index < -0.39 is 0 Å². The fraction of sp³-hybridized carbons (Fsp3) is 0.643. The molecule has 22 heavy (non-hydrogen) atoms. The Morgan fingerprint density at radius 3 is 2.73 bits per heavy atom. The number of rotatable bonds is 4. The van der Waals surface area contributed by atoms with Gasteiger partial charge < -0.3 is 20.3 Å². The molecule has 1 aromatic rings. The minimum absolute atomic E-state index is 0.0808. The topological polar surface area (TPSA) is 88.5 Å². The number of amides is 3. The molecule has 0 bridgehead atoms. The Morgan fingerprint density at radius 2 is 2.14 bits per heavy atom. The number of hydrogen-bond donors (Lipinski definition) is 2. The van der Waals surface area contributed by atoms with E-state index in [1.807, 2.05) is 13.1 Å². The van der Waals surface area contributed by atoms with Gasteiger partial charge in [-0.15, -0.1) is 0 Å². The first-order valence-electron chi connectivity index (χ1n) is 7.53. The molecule has 1 aliphatic rings. The monoisotopic (exact) mass is 309 g/mol. The number of carbonyl (C=O) groups is 2. The van der Waals surface area contributed by atoms with Crippen LogP contribution >= 0.6 is 0 Å². The van der Waals surface area contributed by atoms with Crippen LogP contribution in [0.3, 0.4) is 0 Å². The maximum Gasteiger partial charge on any atom is 0.409 e. The van der Waals surface area contributed by atoms with Crippen LogP contribution in [-0.2, 0) is 18.3 Å².